The highest BCUT2D eigenvalue weighted by molar-refractivity contribution is 7.90. The summed E-state index contributed by atoms with van der Waals surface area (Å²) in [6, 6.07) is 5.69. The molecule has 116 valence electrons. The molecule has 7 nitrogen and oxygen atoms in total. The van der Waals surface area contributed by atoms with E-state index in [9.17, 15) is 18.5 Å². The van der Waals surface area contributed by atoms with Crippen LogP contribution in [0.2, 0.25) is 0 Å². The van der Waals surface area contributed by atoms with Gasteiger partial charge < -0.3 is 10.1 Å². The van der Waals surface area contributed by atoms with E-state index >= 15 is 0 Å². The summed E-state index contributed by atoms with van der Waals surface area (Å²) in [4.78, 5) is 10.1. The maximum absolute atomic E-state index is 11.5. The van der Waals surface area contributed by atoms with Crippen LogP contribution in [-0.2, 0) is 9.84 Å². The van der Waals surface area contributed by atoms with Crippen molar-refractivity contribution < 1.29 is 18.1 Å². The highest BCUT2D eigenvalue weighted by Crippen LogP contribution is 2.23. The zero-order chi connectivity index (χ0) is 15.5. The average molecular weight is 314 g/mol. The molecule has 2 rings (SSSR count). The van der Waals surface area contributed by atoms with E-state index in [1.807, 2.05) is 0 Å². The molecule has 0 saturated carbocycles. The maximum atomic E-state index is 11.5. The summed E-state index contributed by atoms with van der Waals surface area (Å²) in [6.07, 6.45) is 1.59. The molecule has 1 unspecified atom stereocenters. The lowest BCUT2D eigenvalue weighted by Gasteiger charge is -2.23. The fraction of sp³-hybridized carbons (Fsp3) is 0.538. The van der Waals surface area contributed by atoms with E-state index in [1.165, 1.54) is 30.5 Å². The summed E-state index contributed by atoms with van der Waals surface area (Å²) < 4.78 is 28.9. The van der Waals surface area contributed by atoms with Crippen LogP contribution < -0.4 is 10.1 Å². The molecule has 0 aromatic heterocycles. The van der Waals surface area contributed by atoms with Gasteiger partial charge in [-0.2, -0.15) is 0 Å². The van der Waals surface area contributed by atoms with Crippen molar-refractivity contribution in [2.75, 3.05) is 25.1 Å². The van der Waals surface area contributed by atoms with E-state index in [1.54, 1.807) is 0 Å². The van der Waals surface area contributed by atoms with E-state index < -0.39 is 20.9 Å². The number of nitrogens with one attached hydrogen (secondary N) is 1. The third-order valence-corrected chi connectivity index (χ3v) is 4.36. The van der Waals surface area contributed by atoms with Gasteiger partial charge in [0.2, 0.25) is 0 Å². The van der Waals surface area contributed by atoms with Crippen molar-refractivity contribution in [2.24, 2.45) is 5.92 Å². The molecule has 8 heteroatoms. The lowest BCUT2D eigenvalue weighted by molar-refractivity contribution is -0.384. The fourth-order valence-electron chi connectivity index (χ4n) is 2.38. The van der Waals surface area contributed by atoms with Crippen molar-refractivity contribution in [3.63, 3.8) is 0 Å². The first-order chi connectivity index (χ1) is 9.85. The molecule has 1 aromatic carbocycles. The number of ether oxygens (including phenoxy) is 1. The van der Waals surface area contributed by atoms with Crippen molar-refractivity contribution >= 4 is 15.5 Å². The standard InChI is InChI=1S/C13H18N2O5S/c1-21(18,19)9-13(10-6-7-14-8-10)20-12-4-2-11(3-5-12)15(16)17/h2-5,10,13-14H,6-9H2,1H3/t10-,13?/m0/s1. The summed E-state index contributed by atoms with van der Waals surface area (Å²) in [5.74, 6) is 0.507. The van der Waals surface area contributed by atoms with Crippen LogP contribution in [0.4, 0.5) is 5.69 Å². The number of nitro groups is 1. The van der Waals surface area contributed by atoms with Crippen molar-refractivity contribution in [3.05, 3.63) is 34.4 Å². The van der Waals surface area contributed by atoms with E-state index in [0.717, 1.165) is 13.0 Å². The van der Waals surface area contributed by atoms with Crippen LogP contribution in [0.1, 0.15) is 6.42 Å². The number of rotatable bonds is 6. The lowest BCUT2D eigenvalue weighted by Crippen LogP contribution is -2.35. The van der Waals surface area contributed by atoms with E-state index in [-0.39, 0.29) is 17.4 Å². The molecule has 1 fully saturated rings. The molecule has 1 aliphatic rings. The summed E-state index contributed by atoms with van der Waals surface area (Å²) in [6.45, 7) is 1.56. The number of nitrogens with zero attached hydrogens (tertiary/aromatic N) is 1. The van der Waals surface area contributed by atoms with Gasteiger partial charge in [-0.3, -0.25) is 10.1 Å². The van der Waals surface area contributed by atoms with Crippen LogP contribution in [0.5, 0.6) is 5.75 Å². The van der Waals surface area contributed by atoms with Gasteiger partial charge in [-0.1, -0.05) is 0 Å². The van der Waals surface area contributed by atoms with Crippen molar-refractivity contribution in [1.82, 2.24) is 5.32 Å². The molecule has 1 saturated heterocycles. The second-order valence-corrected chi connectivity index (χ2v) is 7.44. The quantitative estimate of drug-likeness (QED) is 0.621. The van der Waals surface area contributed by atoms with Crippen molar-refractivity contribution in [2.45, 2.75) is 12.5 Å². The molecule has 1 aromatic rings. The minimum absolute atomic E-state index is 0.0236. The topological polar surface area (TPSA) is 98.5 Å². The number of hydrogen-bond donors (Lipinski definition) is 1. The highest BCUT2D eigenvalue weighted by Gasteiger charge is 2.29. The Morgan fingerprint density at radius 2 is 2.10 bits per heavy atom. The first-order valence-electron chi connectivity index (χ1n) is 6.65. The summed E-state index contributed by atoms with van der Waals surface area (Å²) in [5.41, 5.74) is -0.0236. The van der Waals surface area contributed by atoms with Gasteiger partial charge in [-0.25, -0.2) is 8.42 Å². The zero-order valence-electron chi connectivity index (χ0n) is 11.7. The van der Waals surface area contributed by atoms with Gasteiger partial charge in [-0.15, -0.1) is 0 Å². The largest absolute Gasteiger partial charge is 0.489 e. The normalized spacial score (nSPS) is 20.1. The minimum atomic E-state index is -3.16. The number of hydrogen-bond acceptors (Lipinski definition) is 6. The predicted molar refractivity (Wildman–Crippen MR) is 78.2 cm³/mol. The molecule has 0 bridgehead atoms. The smallest absolute Gasteiger partial charge is 0.269 e. The second kappa shape index (κ2) is 6.40. The van der Waals surface area contributed by atoms with Gasteiger partial charge in [-0.05, 0) is 25.1 Å². The molecular weight excluding hydrogens is 296 g/mol. The third kappa shape index (κ3) is 4.68. The molecule has 1 N–H and O–H groups in total. The van der Waals surface area contributed by atoms with Crippen LogP contribution in [0.15, 0.2) is 24.3 Å². The minimum Gasteiger partial charge on any atom is -0.489 e. The number of nitro benzene ring substituents is 1. The SMILES string of the molecule is CS(=O)(=O)CC(Oc1ccc([N+](=O)[O-])cc1)[C@H]1CCNC1. The summed E-state index contributed by atoms with van der Waals surface area (Å²) in [5, 5.41) is 13.8. The van der Waals surface area contributed by atoms with Crippen LogP contribution in [0, 0.1) is 16.0 Å². The Hall–Kier alpha value is -1.67. The number of sulfone groups is 1. The highest BCUT2D eigenvalue weighted by atomic mass is 32.2. The van der Waals surface area contributed by atoms with Gasteiger partial charge in [0.1, 0.15) is 11.9 Å². The first kappa shape index (κ1) is 15.7. The summed E-state index contributed by atoms with van der Waals surface area (Å²) in [7, 11) is -3.16. The molecule has 0 amide bonds. The predicted octanol–water partition coefficient (Wildman–Crippen LogP) is 0.996. The van der Waals surface area contributed by atoms with Gasteiger partial charge in [0.25, 0.3) is 5.69 Å². The summed E-state index contributed by atoms with van der Waals surface area (Å²) >= 11 is 0. The Labute approximate surface area is 123 Å². The lowest BCUT2D eigenvalue weighted by atomic mass is 10.0. The van der Waals surface area contributed by atoms with E-state index in [4.69, 9.17) is 4.74 Å². The molecule has 21 heavy (non-hydrogen) atoms. The van der Waals surface area contributed by atoms with Crippen LogP contribution in [0.3, 0.4) is 0 Å². The first-order valence-corrected chi connectivity index (χ1v) is 8.71. The molecule has 0 radical (unpaired) electrons. The van der Waals surface area contributed by atoms with Crippen molar-refractivity contribution in [1.29, 1.82) is 0 Å². The van der Waals surface area contributed by atoms with E-state index in [2.05, 4.69) is 5.32 Å². The van der Waals surface area contributed by atoms with Crippen LogP contribution in [0.25, 0.3) is 0 Å². The van der Waals surface area contributed by atoms with Gasteiger partial charge in [0, 0.05) is 30.9 Å². The van der Waals surface area contributed by atoms with Gasteiger partial charge in [0.15, 0.2) is 9.84 Å². The molecule has 0 spiro atoms. The molecule has 1 aliphatic heterocycles. The molecule has 2 atom stereocenters. The Balaban J connectivity index is 2.11. The zero-order valence-corrected chi connectivity index (χ0v) is 12.5. The van der Waals surface area contributed by atoms with Gasteiger partial charge in [0.05, 0.1) is 10.7 Å². The van der Waals surface area contributed by atoms with Crippen LogP contribution >= 0.6 is 0 Å². The van der Waals surface area contributed by atoms with Gasteiger partial charge >= 0.3 is 0 Å². The van der Waals surface area contributed by atoms with Crippen LogP contribution in [-0.4, -0.2) is 44.5 Å². The van der Waals surface area contributed by atoms with Crippen molar-refractivity contribution in [3.8, 4) is 5.75 Å². The fourth-order valence-corrected chi connectivity index (χ4v) is 3.32. The maximum Gasteiger partial charge on any atom is 0.269 e. The Kier molecular flexibility index (Phi) is 4.79. The monoisotopic (exact) mass is 314 g/mol. The molecular formula is C13H18N2O5S. The second-order valence-electron chi connectivity index (χ2n) is 5.25. The third-order valence-electron chi connectivity index (χ3n) is 3.43. The van der Waals surface area contributed by atoms with E-state index in [0.29, 0.717) is 12.3 Å². The Morgan fingerprint density at radius 3 is 2.57 bits per heavy atom. The Bertz CT molecular complexity index is 593. The number of non-ortho nitro benzene ring substituents is 1. The average Bonchev–Trinajstić information content (AvgIpc) is 2.91. The molecule has 1 heterocycles. The molecule has 0 aliphatic carbocycles. The Morgan fingerprint density at radius 1 is 1.43 bits per heavy atom. The number of benzene rings is 1.